The Labute approximate surface area is 160 Å². The van der Waals surface area contributed by atoms with Crippen LogP contribution in [-0.2, 0) is 0 Å². The van der Waals surface area contributed by atoms with E-state index in [1.807, 2.05) is 4.90 Å². The fourth-order valence-corrected chi connectivity index (χ4v) is 3.77. The summed E-state index contributed by atoms with van der Waals surface area (Å²) in [7, 11) is 0. The van der Waals surface area contributed by atoms with Gasteiger partial charge in [0.2, 0.25) is 0 Å². The number of aromatic carboxylic acids is 1. The summed E-state index contributed by atoms with van der Waals surface area (Å²) in [5, 5.41) is 9.11. The van der Waals surface area contributed by atoms with E-state index in [4.69, 9.17) is 5.11 Å². The third-order valence-electron chi connectivity index (χ3n) is 5.38. The van der Waals surface area contributed by atoms with Gasteiger partial charge in [-0.15, -0.1) is 0 Å². The third kappa shape index (κ3) is 4.19. The molecule has 1 aliphatic rings. The van der Waals surface area contributed by atoms with E-state index < -0.39 is 5.97 Å². The quantitative estimate of drug-likeness (QED) is 0.899. The number of carbonyl (C=O) groups is 2. The lowest BCUT2D eigenvalue weighted by molar-refractivity contribution is 0.0581. The zero-order chi connectivity index (χ0) is 19.6. The lowest BCUT2D eigenvalue weighted by atomic mass is 9.98. The molecule has 1 fully saturated rings. The van der Waals surface area contributed by atoms with Crippen LogP contribution in [0, 0.1) is 13.8 Å². The smallest absolute Gasteiger partial charge is 0.335 e. The van der Waals surface area contributed by atoms with Crippen molar-refractivity contribution in [2.24, 2.45) is 0 Å². The molecule has 0 aromatic heterocycles. The first-order valence-electron chi connectivity index (χ1n) is 9.30. The summed E-state index contributed by atoms with van der Waals surface area (Å²) < 4.78 is 0. The van der Waals surface area contributed by atoms with Gasteiger partial charge in [-0.25, -0.2) is 4.79 Å². The molecule has 27 heavy (non-hydrogen) atoms. The average molecular weight is 366 g/mol. The summed E-state index contributed by atoms with van der Waals surface area (Å²) >= 11 is 0. The number of hydrogen-bond acceptors (Lipinski definition) is 3. The minimum Gasteiger partial charge on any atom is -0.478 e. The first kappa shape index (κ1) is 19.1. The molecule has 1 heterocycles. The molecule has 1 saturated heterocycles. The Balaban J connectivity index is 1.65. The van der Waals surface area contributed by atoms with Crippen molar-refractivity contribution in [3.63, 3.8) is 0 Å². The maximum absolute atomic E-state index is 12.7. The van der Waals surface area contributed by atoms with E-state index >= 15 is 0 Å². The van der Waals surface area contributed by atoms with Crippen LogP contribution in [0.25, 0.3) is 0 Å². The lowest BCUT2D eigenvalue weighted by Crippen LogP contribution is -2.49. The minimum absolute atomic E-state index is 0.100. The van der Waals surface area contributed by atoms with Crippen LogP contribution in [-0.4, -0.2) is 53.0 Å². The van der Waals surface area contributed by atoms with Crippen molar-refractivity contribution in [3.8, 4) is 0 Å². The van der Waals surface area contributed by atoms with Gasteiger partial charge in [0.05, 0.1) is 5.56 Å². The van der Waals surface area contributed by atoms with Gasteiger partial charge in [0, 0.05) is 37.8 Å². The van der Waals surface area contributed by atoms with Gasteiger partial charge >= 0.3 is 5.97 Å². The van der Waals surface area contributed by atoms with Crippen molar-refractivity contribution in [1.29, 1.82) is 0 Å². The van der Waals surface area contributed by atoms with Crippen molar-refractivity contribution in [2.75, 3.05) is 26.2 Å². The van der Waals surface area contributed by atoms with Crippen molar-refractivity contribution in [2.45, 2.75) is 26.8 Å². The number of amides is 1. The van der Waals surface area contributed by atoms with E-state index in [2.05, 4.69) is 43.9 Å². The number of carbonyl (C=O) groups excluding carboxylic acids is 1. The summed E-state index contributed by atoms with van der Waals surface area (Å²) in [4.78, 5) is 28.1. The highest BCUT2D eigenvalue weighted by Crippen LogP contribution is 2.25. The Bertz CT molecular complexity index is 854. The molecule has 142 valence electrons. The summed E-state index contributed by atoms with van der Waals surface area (Å²) in [5.41, 5.74) is 4.47. The summed E-state index contributed by atoms with van der Waals surface area (Å²) in [6, 6.07) is 13.1. The molecule has 0 aliphatic carbocycles. The van der Waals surface area contributed by atoms with E-state index in [0.717, 1.165) is 13.1 Å². The van der Waals surface area contributed by atoms with E-state index in [1.54, 1.807) is 12.1 Å². The molecule has 5 nitrogen and oxygen atoms in total. The predicted molar refractivity (Wildman–Crippen MR) is 105 cm³/mol. The van der Waals surface area contributed by atoms with Crippen LogP contribution in [0.1, 0.15) is 50.4 Å². The third-order valence-corrected chi connectivity index (χ3v) is 5.38. The Morgan fingerprint density at radius 3 is 2.26 bits per heavy atom. The summed E-state index contributed by atoms with van der Waals surface area (Å²) in [6.07, 6.45) is 0. The zero-order valence-corrected chi connectivity index (χ0v) is 16.1. The van der Waals surface area contributed by atoms with Gasteiger partial charge < -0.3 is 10.0 Å². The van der Waals surface area contributed by atoms with Crippen molar-refractivity contribution >= 4 is 11.9 Å². The highest BCUT2D eigenvalue weighted by Gasteiger charge is 2.26. The monoisotopic (exact) mass is 366 g/mol. The van der Waals surface area contributed by atoms with Crippen LogP contribution in [0.4, 0.5) is 0 Å². The number of nitrogens with zero attached hydrogens (tertiary/aromatic N) is 2. The van der Waals surface area contributed by atoms with Crippen LogP contribution in [0.15, 0.2) is 42.5 Å². The second-order valence-corrected chi connectivity index (χ2v) is 7.25. The highest BCUT2D eigenvalue weighted by molar-refractivity contribution is 5.97. The fraction of sp³-hybridized carbons (Fsp3) is 0.364. The molecular weight excluding hydrogens is 340 g/mol. The van der Waals surface area contributed by atoms with E-state index in [9.17, 15) is 9.59 Å². The topological polar surface area (TPSA) is 60.9 Å². The molecule has 2 aromatic rings. The number of carboxylic acids is 1. The zero-order valence-electron chi connectivity index (χ0n) is 16.1. The fourth-order valence-electron chi connectivity index (χ4n) is 3.77. The largest absolute Gasteiger partial charge is 0.478 e. The second-order valence-electron chi connectivity index (χ2n) is 7.25. The molecule has 0 radical (unpaired) electrons. The SMILES string of the molecule is Cc1ccc(C(C)N2CCN(C(=O)c3cccc(C(=O)O)c3)CC2)c(C)c1. The van der Waals surface area contributed by atoms with Crippen LogP contribution >= 0.6 is 0 Å². The Morgan fingerprint density at radius 2 is 1.63 bits per heavy atom. The molecule has 3 rings (SSSR count). The van der Waals surface area contributed by atoms with E-state index in [0.29, 0.717) is 24.7 Å². The van der Waals surface area contributed by atoms with Gasteiger partial charge in [0.25, 0.3) is 5.91 Å². The van der Waals surface area contributed by atoms with E-state index in [1.165, 1.54) is 28.8 Å². The maximum atomic E-state index is 12.7. The first-order valence-corrected chi connectivity index (χ1v) is 9.30. The Morgan fingerprint density at radius 1 is 0.963 bits per heavy atom. The van der Waals surface area contributed by atoms with Gasteiger partial charge in [-0.1, -0.05) is 29.8 Å². The predicted octanol–water partition coefficient (Wildman–Crippen LogP) is 3.52. The van der Waals surface area contributed by atoms with Crippen molar-refractivity contribution < 1.29 is 14.7 Å². The molecule has 5 heteroatoms. The summed E-state index contributed by atoms with van der Waals surface area (Å²) in [5.74, 6) is -1.12. The molecule has 0 spiro atoms. The summed E-state index contributed by atoms with van der Waals surface area (Å²) in [6.45, 7) is 9.36. The Kier molecular flexibility index (Phi) is 5.61. The number of benzene rings is 2. The molecule has 1 N–H and O–H groups in total. The molecule has 1 atom stereocenters. The molecule has 0 saturated carbocycles. The van der Waals surface area contributed by atoms with Gasteiger partial charge in [-0.3, -0.25) is 9.69 Å². The van der Waals surface area contributed by atoms with Gasteiger partial charge in [0.1, 0.15) is 0 Å². The lowest BCUT2D eigenvalue weighted by Gasteiger charge is -2.38. The molecule has 0 bridgehead atoms. The standard InChI is InChI=1S/C22H26N2O3/c1-15-7-8-20(16(2)13-15)17(3)23-9-11-24(12-10-23)21(25)18-5-4-6-19(14-18)22(26)27/h4-8,13-14,17H,9-12H2,1-3H3,(H,26,27). The maximum Gasteiger partial charge on any atom is 0.335 e. The first-order chi connectivity index (χ1) is 12.9. The van der Waals surface area contributed by atoms with Gasteiger partial charge in [0.15, 0.2) is 0 Å². The minimum atomic E-state index is -1.02. The molecule has 1 unspecified atom stereocenters. The molecule has 2 aromatic carbocycles. The van der Waals surface area contributed by atoms with Gasteiger partial charge in [-0.05, 0) is 50.1 Å². The molecule has 1 aliphatic heterocycles. The second kappa shape index (κ2) is 7.92. The van der Waals surface area contributed by atoms with Gasteiger partial charge in [-0.2, -0.15) is 0 Å². The number of rotatable bonds is 4. The number of hydrogen-bond donors (Lipinski definition) is 1. The van der Waals surface area contributed by atoms with Crippen LogP contribution in [0.3, 0.4) is 0 Å². The molecule has 1 amide bonds. The Hall–Kier alpha value is -2.66. The van der Waals surface area contributed by atoms with Crippen LogP contribution in [0.2, 0.25) is 0 Å². The van der Waals surface area contributed by atoms with Crippen LogP contribution in [0.5, 0.6) is 0 Å². The molecular formula is C22H26N2O3. The number of aryl methyl sites for hydroxylation is 2. The van der Waals surface area contributed by atoms with Crippen molar-refractivity contribution in [3.05, 3.63) is 70.3 Å². The number of piperazine rings is 1. The number of carboxylic acid groups (broad SMARTS) is 1. The van der Waals surface area contributed by atoms with Crippen molar-refractivity contribution in [1.82, 2.24) is 9.80 Å². The van der Waals surface area contributed by atoms with Crippen LogP contribution < -0.4 is 0 Å². The highest BCUT2D eigenvalue weighted by atomic mass is 16.4. The normalized spacial score (nSPS) is 16.2. The van der Waals surface area contributed by atoms with E-state index in [-0.39, 0.29) is 11.5 Å². The average Bonchev–Trinajstić information content (AvgIpc) is 2.67.